The molecule has 0 spiro atoms. The van der Waals surface area contributed by atoms with Gasteiger partial charge in [-0.25, -0.2) is 0 Å². The van der Waals surface area contributed by atoms with E-state index in [2.05, 4.69) is 15.4 Å². The Hall–Kier alpha value is -2.50. The number of methoxy groups -OCH3 is 1. The summed E-state index contributed by atoms with van der Waals surface area (Å²) in [5.74, 6) is 2.36. The third-order valence-electron chi connectivity index (χ3n) is 4.73. The number of halogens is 1. The number of aromatic nitrogens is 2. The third kappa shape index (κ3) is 7.01. The molecule has 0 unspecified atom stereocenters. The Morgan fingerprint density at radius 2 is 2.10 bits per heavy atom. The maximum Gasteiger partial charge on any atom is 0.246 e. The monoisotopic (exact) mass is 542 g/mol. The maximum atomic E-state index is 12.6. The first-order valence-electron chi connectivity index (χ1n) is 10.2. The van der Waals surface area contributed by atoms with Crippen LogP contribution in [0, 0.1) is 0 Å². The van der Waals surface area contributed by atoms with Crippen molar-refractivity contribution in [3.8, 4) is 11.5 Å². The second-order valence-electron chi connectivity index (χ2n) is 6.96. The lowest BCUT2D eigenvalue weighted by atomic mass is 10.3. The fourth-order valence-electron chi connectivity index (χ4n) is 3.23. The van der Waals surface area contributed by atoms with Gasteiger partial charge in [0, 0.05) is 51.9 Å². The molecule has 170 valence electrons. The molecule has 1 fully saturated rings. The van der Waals surface area contributed by atoms with Crippen LogP contribution in [0.25, 0.3) is 0 Å². The van der Waals surface area contributed by atoms with Gasteiger partial charge >= 0.3 is 0 Å². The average Bonchev–Trinajstić information content (AvgIpc) is 3.18. The number of aryl methyl sites for hydroxylation is 1. The van der Waals surface area contributed by atoms with E-state index >= 15 is 0 Å². The van der Waals surface area contributed by atoms with E-state index in [1.807, 2.05) is 49.3 Å². The summed E-state index contributed by atoms with van der Waals surface area (Å²) in [4.78, 5) is 21.1. The van der Waals surface area contributed by atoms with Gasteiger partial charge in [-0.05, 0) is 19.1 Å². The van der Waals surface area contributed by atoms with Gasteiger partial charge < -0.3 is 24.6 Å². The highest BCUT2D eigenvalue weighted by molar-refractivity contribution is 14.0. The molecule has 1 aromatic carbocycles. The van der Waals surface area contributed by atoms with E-state index in [0.717, 1.165) is 36.1 Å². The minimum atomic E-state index is 0. The first-order chi connectivity index (χ1) is 14.6. The van der Waals surface area contributed by atoms with Gasteiger partial charge in [0.25, 0.3) is 0 Å². The Morgan fingerprint density at radius 3 is 2.77 bits per heavy atom. The number of ether oxygens (including phenoxy) is 2. The van der Waals surface area contributed by atoms with E-state index in [-0.39, 0.29) is 29.9 Å². The fraction of sp³-hybridized carbons (Fsp3) is 0.476. The largest absolute Gasteiger partial charge is 0.497 e. The molecule has 0 aliphatic carbocycles. The topological polar surface area (TPSA) is 84.2 Å². The van der Waals surface area contributed by atoms with Gasteiger partial charge in [0.2, 0.25) is 5.91 Å². The Morgan fingerprint density at radius 1 is 1.29 bits per heavy atom. The molecule has 0 atom stereocenters. The number of carbonyl (C=O) groups is 1. The van der Waals surface area contributed by atoms with Gasteiger partial charge in [0.1, 0.15) is 18.0 Å². The summed E-state index contributed by atoms with van der Waals surface area (Å²) in [5.41, 5.74) is 0.832. The van der Waals surface area contributed by atoms with Gasteiger partial charge in [-0.15, -0.1) is 24.0 Å². The number of rotatable bonds is 8. The summed E-state index contributed by atoms with van der Waals surface area (Å²) in [7, 11) is 3.48. The quantitative estimate of drug-likeness (QED) is 0.238. The number of aliphatic imine (C=N–C) groups is 1. The zero-order valence-electron chi connectivity index (χ0n) is 18.3. The molecule has 0 saturated carbocycles. The lowest BCUT2D eigenvalue weighted by Crippen LogP contribution is -2.55. The molecule has 1 N–H and O–H groups in total. The van der Waals surface area contributed by atoms with Gasteiger partial charge in [-0.3, -0.25) is 14.5 Å². The highest BCUT2D eigenvalue weighted by Crippen LogP contribution is 2.19. The zero-order chi connectivity index (χ0) is 21.3. The number of carbonyl (C=O) groups excluding carboxylic acids is 1. The van der Waals surface area contributed by atoms with Gasteiger partial charge in [0.15, 0.2) is 5.96 Å². The molecule has 1 aliphatic rings. The van der Waals surface area contributed by atoms with E-state index in [1.54, 1.807) is 22.9 Å². The van der Waals surface area contributed by atoms with Crippen LogP contribution in [0.5, 0.6) is 11.5 Å². The summed E-state index contributed by atoms with van der Waals surface area (Å²) in [6.07, 6.45) is 4.35. The molecule has 0 bridgehead atoms. The van der Waals surface area contributed by atoms with Crippen LogP contribution in [0.4, 0.5) is 5.69 Å². The molecule has 2 aromatic rings. The minimum Gasteiger partial charge on any atom is -0.497 e. The van der Waals surface area contributed by atoms with Gasteiger partial charge in [-0.2, -0.15) is 5.10 Å². The van der Waals surface area contributed by atoms with Crippen molar-refractivity contribution in [3.63, 3.8) is 0 Å². The Bertz CT molecular complexity index is 872. The number of nitrogens with one attached hydrogen (secondary N) is 1. The van der Waals surface area contributed by atoms with E-state index in [1.165, 1.54) is 0 Å². The van der Waals surface area contributed by atoms with E-state index < -0.39 is 0 Å². The van der Waals surface area contributed by atoms with Crippen molar-refractivity contribution in [1.29, 1.82) is 0 Å². The van der Waals surface area contributed by atoms with Crippen molar-refractivity contribution >= 4 is 41.5 Å². The smallest absolute Gasteiger partial charge is 0.246 e. The fourth-order valence-corrected chi connectivity index (χ4v) is 3.23. The second-order valence-corrected chi connectivity index (χ2v) is 6.96. The predicted octanol–water partition coefficient (Wildman–Crippen LogP) is 2.13. The van der Waals surface area contributed by atoms with Crippen LogP contribution in [-0.4, -0.2) is 73.0 Å². The van der Waals surface area contributed by atoms with Crippen LogP contribution in [-0.2, 0) is 11.8 Å². The Labute approximate surface area is 200 Å². The molecule has 3 rings (SSSR count). The number of amides is 1. The van der Waals surface area contributed by atoms with Crippen molar-refractivity contribution in [2.24, 2.45) is 12.0 Å². The number of benzene rings is 1. The summed E-state index contributed by atoms with van der Waals surface area (Å²) in [5, 5.41) is 7.44. The molecule has 1 aromatic heterocycles. The first kappa shape index (κ1) is 24.8. The van der Waals surface area contributed by atoms with Crippen LogP contribution in [0.15, 0.2) is 41.7 Å². The third-order valence-corrected chi connectivity index (χ3v) is 4.73. The highest BCUT2D eigenvalue weighted by Gasteiger charge is 2.27. The number of hydrogen-bond donors (Lipinski definition) is 1. The minimum absolute atomic E-state index is 0. The summed E-state index contributed by atoms with van der Waals surface area (Å²) in [6.45, 7) is 5.56. The van der Waals surface area contributed by atoms with E-state index in [0.29, 0.717) is 32.8 Å². The first-order valence-corrected chi connectivity index (χ1v) is 10.2. The maximum absolute atomic E-state index is 12.6. The number of hydrogen-bond acceptors (Lipinski definition) is 5. The van der Waals surface area contributed by atoms with Crippen molar-refractivity contribution in [3.05, 3.63) is 36.7 Å². The molecule has 2 heterocycles. The number of guanidine groups is 1. The zero-order valence-corrected chi connectivity index (χ0v) is 20.6. The molecule has 31 heavy (non-hydrogen) atoms. The Balaban J connectivity index is 0.00000341. The van der Waals surface area contributed by atoms with Gasteiger partial charge in [-0.1, -0.05) is 6.07 Å². The van der Waals surface area contributed by atoms with E-state index in [4.69, 9.17) is 9.47 Å². The van der Waals surface area contributed by atoms with E-state index in [9.17, 15) is 4.79 Å². The summed E-state index contributed by atoms with van der Waals surface area (Å²) < 4.78 is 12.7. The molecule has 0 radical (unpaired) electrons. The SMILES string of the molecule is CCNC(=NCCCOc1cccc(OC)c1)N1CCN(c2cnn(C)c2)C(=O)C1.I. The molecular formula is C21H31IN6O3. The normalized spacial score (nSPS) is 14.3. The van der Waals surface area contributed by atoms with Crippen molar-refractivity contribution in [1.82, 2.24) is 20.0 Å². The van der Waals surface area contributed by atoms with Crippen LogP contribution >= 0.6 is 24.0 Å². The number of piperazine rings is 1. The lowest BCUT2D eigenvalue weighted by Gasteiger charge is -2.35. The Kier molecular flexibility index (Phi) is 9.89. The molecule has 1 amide bonds. The van der Waals surface area contributed by atoms with Crippen molar-refractivity contribution in [2.75, 3.05) is 51.3 Å². The summed E-state index contributed by atoms with van der Waals surface area (Å²) >= 11 is 0. The molecule has 9 nitrogen and oxygen atoms in total. The molecule has 1 saturated heterocycles. The molecular weight excluding hydrogens is 511 g/mol. The van der Waals surface area contributed by atoms with Crippen molar-refractivity contribution < 1.29 is 14.3 Å². The average molecular weight is 542 g/mol. The predicted molar refractivity (Wildman–Crippen MR) is 132 cm³/mol. The molecule has 1 aliphatic heterocycles. The lowest BCUT2D eigenvalue weighted by molar-refractivity contribution is -0.120. The van der Waals surface area contributed by atoms with Crippen molar-refractivity contribution in [2.45, 2.75) is 13.3 Å². The van der Waals surface area contributed by atoms with Crippen LogP contribution in [0.3, 0.4) is 0 Å². The highest BCUT2D eigenvalue weighted by atomic mass is 127. The van der Waals surface area contributed by atoms with Crippen LogP contribution < -0.4 is 19.7 Å². The molecule has 10 heteroatoms. The van der Waals surface area contributed by atoms with Gasteiger partial charge in [0.05, 0.1) is 25.6 Å². The number of nitrogens with zero attached hydrogens (tertiary/aromatic N) is 5. The number of anilines is 1. The van der Waals surface area contributed by atoms with Crippen LogP contribution in [0.1, 0.15) is 13.3 Å². The summed E-state index contributed by atoms with van der Waals surface area (Å²) in [6, 6.07) is 7.55. The van der Waals surface area contributed by atoms with Crippen LogP contribution in [0.2, 0.25) is 0 Å². The standard InChI is InChI=1S/C21H30N6O3.HI/c1-4-22-21(23-9-6-12-30-19-8-5-7-18(13-19)29-3)26-10-11-27(20(28)16-26)17-14-24-25(2)15-17;/h5,7-8,13-15H,4,6,9-12,16H2,1-3H3,(H,22,23);1H. The second kappa shape index (κ2) is 12.4.